The predicted octanol–water partition coefficient (Wildman–Crippen LogP) is 7.80. The van der Waals surface area contributed by atoms with E-state index in [1.807, 2.05) is 0 Å². The summed E-state index contributed by atoms with van der Waals surface area (Å²) in [5.74, 6) is 0.801. The van der Waals surface area contributed by atoms with E-state index in [4.69, 9.17) is 4.42 Å². The summed E-state index contributed by atoms with van der Waals surface area (Å²) in [7, 11) is 0. The SMILES string of the molecule is CC1=CC(c2cccc3c2oc2c(-c4cccc(C)c4)cccc23)C(C)C=C1. The van der Waals surface area contributed by atoms with Gasteiger partial charge in [-0.25, -0.2) is 0 Å². The average Bonchev–Trinajstić information content (AvgIpc) is 3.09. The van der Waals surface area contributed by atoms with Crippen molar-refractivity contribution in [3.8, 4) is 11.1 Å². The van der Waals surface area contributed by atoms with Gasteiger partial charge in [-0.05, 0) is 25.3 Å². The summed E-state index contributed by atoms with van der Waals surface area (Å²) in [6.07, 6.45) is 6.89. The van der Waals surface area contributed by atoms with Crippen LogP contribution in [0.1, 0.15) is 30.9 Å². The van der Waals surface area contributed by atoms with Gasteiger partial charge in [0.15, 0.2) is 0 Å². The Labute approximate surface area is 166 Å². The summed E-state index contributed by atoms with van der Waals surface area (Å²) in [6, 6.07) is 21.7. The van der Waals surface area contributed by atoms with Gasteiger partial charge < -0.3 is 4.42 Å². The second-order valence-corrected chi connectivity index (χ2v) is 8.03. The van der Waals surface area contributed by atoms with Gasteiger partial charge in [0.2, 0.25) is 0 Å². The van der Waals surface area contributed by atoms with Crippen LogP contribution in [0, 0.1) is 12.8 Å². The number of furan rings is 1. The molecule has 0 saturated heterocycles. The quantitative estimate of drug-likeness (QED) is 0.354. The largest absolute Gasteiger partial charge is 0.455 e. The van der Waals surface area contributed by atoms with E-state index in [-0.39, 0.29) is 0 Å². The Morgan fingerprint density at radius 2 is 1.57 bits per heavy atom. The molecule has 1 nitrogen and oxygen atoms in total. The van der Waals surface area contributed by atoms with Gasteiger partial charge in [-0.3, -0.25) is 0 Å². The van der Waals surface area contributed by atoms with Crippen LogP contribution in [0.5, 0.6) is 0 Å². The van der Waals surface area contributed by atoms with Crippen molar-refractivity contribution in [3.63, 3.8) is 0 Å². The number of rotatable bonds is 2. The number of para-hydroxylation sites is 2. The lowest BCUT2D eigenvalue weighted by molar-refractivity contribution is 0.609. The van der Waals surface area contributed by atoms with Crippen LogP contribution in [0.25, 0.3) is 33.1 Å². The first kappa shape index (κ1) is 17.1. The predicted molar refractivity (Wildman–Crippen MR) is 119 cm³/mol. The highest BCUT2D eigenvalue weighted by atomic mass is 16.3. The zero-order valence-corrected chi connectivity index (χ0v) is 16.6. The molecule has 2 atom stereocenters. The Morgan fingerprint density at radius 1 is 0.821 bits per heavy atom. The Kier molecular flexibility index (Phi) is 3.98. The number of fused-ring (bicyclic) bond motifs is 3. The monoisotopic (exact) mass is 364 g/mol. The molecule has 1 aliphatic rings. The molecule has 4 aromatic rings. The van der Waals surface area contributed by atoms with Crippen molar-refractivity contribution in [1.82, 2.24) is 0 Å². The molecule has 138 valence electrons. The Hall–Kier alpha value is -3.06. The maximum Gasteiger partial charge on any atom is 0.143 e. The van der Waals surface area contributed by atoms with Crippen LogP contribution in [0.15, 0.2) is 88.9 Å². The lowest BCUT2D eigenvalue weighted by Gasteiger charge is -2.22. The van der Waals surface area contributed by atoms with Gasteiger partial charge in [-0.2, -0.15) is 0 Å². The van der Waals surface area contributed by atoms with E-state index < -0.39 is 0 Å². The molecule has 2 unspecified atom stereocenters. The topological polar surface area (TPSA) is 13.1 Å². The highest BCUT2D eigenvalue weighted by Gasteiger charge is 2.23. The normalized spacial score (nSPS) is 19.3. The van der Waals surface area contributed by atoms with Crippen LogP contribution < -0.4 is 0 Å². The molecule has 0 fully saturated rings. The fraction of sp³-hybridized carbons (Fsp3) is 0.185. The lowest BCUT2D eigenvalue weighted by Crippen LogP contribution is -2.09. The molecule has 1 aromatic heterocycles. The van der Waals surface area contributed by atoms with Gasteiger partial charge in [0, 0.05) is 27.8 Å². The van der Waals surface area contributed by atoms with Crippen molar-refractivity contribution in [2.75, 3.05) is 0 Å². The second-order valence-electron chi connectivity index (χ2n) is 8.03. The first-order chi connectivity index (χ1) is 13.6. The van der Waals surface area contributed by atoms with E-state index in [2.05, 4.69) is 99.7 Å². The molecule has 0 spiro atoms. The van der Waals surface area contributed by atoms with Crippen LogP contribution in [0.2, 0.25) is 0 Å². The van der Waals surface area contributed by atoms with Crippen molar-refractivity contribution >= 4 is 21.9 Å². The third kappa shape index (κ3) is 2.70. The van der Waals surface area contributed by atoms with Crippen molar-refractivity contribution in [2.24, 2.45) is 5.92 Å². The molecule has 0 aliphatic heterocycles. The first-order valence-corrected chi connectivity index (χ1v) is 9.99. The van der Waals surface area contributed by atoms with Crippen molar-refractivity contribution in [1.29, 1.82) is 0 Å². The molecule has 0 radical (unpaired) electrons. The van der Waals surface area contributed by atoms with Crippen molar-refractivity contribution < 1.29 is 4.42 Å². The highest BCUT2D eigenvalue weighted by molar-refractivity contribution is 6.10. The molecular formula is C27H24O. The summed E-state index contributed by atoms with van der Waals surface area (Å²) < 4.78 is 6.59. The Balaban J connectivity index is 1.77. The molecule has 0 saturated carbocycles. The van der Waals surface area contributed by atoms with E-state index in [1.54, 1.807) is 0 Å². The minimum atomic E-state index is 0.344. The van der Waals surface area contributed by atoms with E-state index in [0.29, 0.717) is 11.8 Å². The maximum atomic E-state index is 6.59. The second kappa shape index (κ2) is 6.53. The van der Waals surface area contributed by atoms with Gasteiger partial charge in [0.25, 0.3) is 0 Å². The zero-order valence-electron chi connectivity index (χ0n) is 16.6. The van der Waals surface area contributed by atoms with E-state index in [1.165, 1.54) is 33.0 Å². The molecule has 28 heavy (non-hydrogen) atoms. The Morgan fingerprint density at radius 3 is 2.39 bits per heavy atom. The number of hydrogen-bond donors (Lipinski definition) is 0. The van der Waals surface area contributed by atoms with Gasteiger partial charge in [-0.15, -0.1) is 0 Å². The van der Waals surface area contributed by atoms with E-state index in [0.717, 1.165) is 16.7 Å². The molecule has 1 heteroatoms. The Bertz CT molecular complexity index is 1250. The van der Waals surface area contributed by atoms with Crippen LogP contribution in [-0.4, -0.2) is 0 Å². The molecule has 0 amide bonds. The third-order valence-electron chi connectivity index (χ3n) is 5.91. The highest BCUT2D eigenvalue weighted by Crippen LogP contribution is 2.41. The standard InChI is InChI=1S/C27H24O/c1-17-7-4-8-20(15-17)21-9-5-10-22-23-11-6-12-24(27(23)28-26(21)22)25-16-18(2)13-14-19(25)3/h4-16,19,25H,1-3H3. The lowest BCUT2D eigenvalue weighted by atomic mass is 9.82. The maximum absolute atomic E-state index is 6.59. The van der Waals surface area contributed by atoms with Gasteiger partial charge in [-0.1, -0.05) is 97.0 Å². The minimum absolute atomic E-state index is 0.344. The van der Waals surface area contributed by atoms with Crippen LogP contribution in [0.4, 0.5) is 0 Å². The summed E-state index contributed by atoms with van der Waals surface area (Å²) in [5.41, 5.74) is 8.22. The van der Waals surface area contributed by atoms with Crippen molar-refractivity contribution in [2.45, 2.75) is 26.7 Å². The number of hydrogen-bond acceptors (Lipinski definition) is 1. The van der Waals surface area contributed by atoms with Crippen molar-refractivity contribution in [3.05, 3.63) is 95.6 Å². The summed E-state index contributed by atoms with van der Waals surface area (Å²) in [4.78, 5) is 0. The average molecular weight is 364 g/mol. The molecule has 3 aromatic carbocycles. The van der Waals surface area contributed by atoms with Gasteiger partial charge in [0.05, 0.1) is 0 Å². The number of aryl methyl sites for hydroxylation is 1. The fourth-order valence-electron chi connectivity index (χ4n) is 4.43. The van der Waals surface area contributed by atoms with Crippen LogP contribution >= 0.6 is 0 Å². The molecule has 1 heterocycles. The molecule has 1 aliphatic carbocycles. The molecule has 0 bridgehead atoms. The summed E-state index contributed by atoms with van der Waals surface area (Å²) in [5, 5.41) is 2.39. The number of benzene rings is 3. The van der Waals surface area contributed by atoms with Crippen LogP contribution in [-0.2, 0) is 0 Å². The zero-order chi connectivity index (χ0) is 19.3. The van der Waals surface area contributed by atoms with Gasteiger partial charge >= 0.3 is 0 Å². The minimum Gasteiger partial charge on any atom is -0.455 e. The first-order valence-electron chi connectivity index (χ1n) is 9.99. The third-order valence-corrected chi connectivity index (χ3v) is 5.91. The van der Waals surface area contributed by atoms with Crippen LogP contribution in [0.3, 0.4) is 0 Å². The fourth-order valence-corrected chi connectivity index (χ4v) is 4.43. The van der Waals surface area contributed by atoms with E-state index in [9.17, 15) is 0 Å². The summed E-state index contributed by atoms with van der Waals surface area (Å²) in [6.45, 7) is 6.58. The summed E-state index contributed by atoms with van der Waals surface area (Å²) >= 11 is 0. The molecule has 0 N–H and O–H groups in total. The van der Waals surface area contributed by atoms with Gasteiger partial charge in [0.1, 0.15) is 11.2 Å². The molecule has 5 rings (SSSR count). The van der Waals surface area contributed by atoms with E-state index >= 15 is 0 Å². The number of allylic oxidation sites excluding steroid dienone is 4. The smallest absolute Gasteiger partial charge is 0.143 e. The molecular weight excluding hydrogens is 340 g/mol.